The molecule has 5 aromatic carbocycles. The van der Waals surface area contributed by atoms with Crippen LogP contribution < -0.4 is 10.8 Å². The molecule has 5 nitrogen and oxygen atoms in total. The van der Waals surface area contributed by atoms with E-state index in [1.54, 1.807) is 6.20 Å². The highest BCUT2D eigenvalue weighted by Crippen LogP contribution is 2.43. The van der Waals surface area contributed by atoms with Crippen molar-refractivity contribution < 1.29 is 5.41 Å². The first-order valence-corrected chi connectivity index (χ1v) is 15.5. The van der Waals surface area contributed by atoms with Gasteiger partial charge in [-0.1, -0.05) is 97.1 Å². The molecule has 0 saturated heterocycles. The molecule has 1 aliphatic carbocycles. The summed E-state index contributed by atoms with van der Waals surface area (Å²) in [5, 5.41) is 15.9. The van der Waals surface area contributed by atoms with Crippen LogP contribution in [0, 0.1) is 0 Å². The number of anilines is 1. The van der Waals surface area contributed by atoms with Gasteiger partial charge in [-0.15, -0.1) is 0 Å². The smallest absolute Gasteiger partial charge is 0.225 e. The van der Waals surface area contributed by atoms with E-state index in [0.717, 1.165) is 39.1 Å². The minimum absolute atomic E-state index is 0.602. The van der Waals surface area contributed by atoms with Crippen molar-refractivity contribution in [1.29, 1.82) is 0 Å². The molecule has 0 radical (unpaired) electrons. The molecule has 0 amide bonds. The van der Waals surface area contributed by atoms with Crippen molar-refractivity contribution in [2.45, 2.75) is 0 Å². The fraction of sp³-hybridized carbons (Fsp3) is 0. The molecule has 0 fully saturated rings. The molecule has 5 heteroatoms. The number of hydrazone groups is 1. The van der Waals surface area contributed by atoms with Gasteiger partial charge < -0.3 is 0 Å². The Morgan fingerprint density at radius 3 is 1.68 bits per heavy atom. The van der Waals surface area contributed by atoms with E-state index in [1.807, 2.05) is 49.0 Å². The summed E-state index contributed by atoms with van der Waals surface area (Å²) in [5.74, 6) is 0. The van der Waals surface area contributed by atoms with Crippen molar-refractivity contribution in [1.82, 2.24) is 9.97 Å². The highest BCUT2D eigenvalue weighted by molar-refractivity contribution is 6.50. The normalized spacial score (nSPS) is 13.7. The number of benzene rings is 5. The number of pyridine rings is 2. The number of allylic oxidation sites excluding steroid dienone is 4. The number of rotatable bonds is 6. The molecule has 0 atom stereocenters. The fourth-order valence-electron chi connectivity index (χ4n) is 6.35. The zero-order valence-corrected chi connectivity index (χ0v) is 25.5. The Hall–Kier alpha value is -6.46. The minimum atomic E-state index is 0.602. The SMILES string of the molecule is [NH2+]=C1C=C(c2cccc(-c3cccnc3)c2)C=C/C1=N/Nc1ccc(-c2c3ccccc3c(-c3cccnc3)c3ccccc23)cc1. The van der Waals surface area contributed by atoms with E-state index in [0.29, 0.717) is 11.4 Å². The topological polar surface area (TPSA) is 75.8 Å². The number of hydrogen-bond donors (Lipinski definition) is 2. The van der Waals surface area contributed by atoms with E-state index >= 15 is 0 Å². The lowest BCUT2D eigenvalue weighted by atomic mass is 9.86. The summed E-state index contributed by atoms with van der Waals surface area (Å²) in [7, 11) is 0. The number of hydrogen-bond acceptors (Lipinski definition) is 4. The molecule has 0 bridgehead atoms. The van der Waals surface area contributed by atoms with Crippen LogP contribution in [-0.4, -0.2) is 21.4 Å². The first-order chi connectivity index (χ1) is 23.2. The predicted molar refractivity (Wildman–Crippen MR) is 195 cm³/mol. The molecule has 2 aromatic heterocycles. The van der Waals surface area contributed by atoms with Gasteiger partial charge in [0.2, 0.25) is 5.71 Å². The molecule has 222 valence electrons. The quantitative estimate of drug-likeness (QED) is 0.114. The molecule has 2 heterocycles. The molecule has 1 aliphatic rings. The summed E-state index contributed by atoms with van der Waals surface area (Å²) in [6.45, 7) is 0. The van der Waals surface area contributed by atoms with Gasteiger partial charge in [-0.25, -0.2) is 0 Å². The summed E-state index contributed by atoms with van der Waals surface area (Å²) in [4.78, 5) is 8.67. The van der Waals surface area contributed by atoms with E-state index in [2.05, 4.69) is 130 Å². The third-order valence-corrected chi connectivity index (χ3v) is 8.58. The lowest BCUT2D eigenvalue weighted by Gasteiger charge is -2.17. The van der Waals surface area contributed by atoms with E-state index in [1.165, 1.54) is 32.7 Å². The average molecular weight is 605 g/mol. The third-order valence-electron chi connectivity index (χ3n) is 8.58. The zero-order chi connectivity index (χ0) is 31.6. The Balaban J connectivity index is 1.07. The first-order valence-electron chi connectivity index (χ1n) is 15.5. The Bertz CT molecular complexity index is 2310. The standard InChI is InChI=1S/C42H29N5/c43-39-25-31(29-8-5-9-30(24-29)32-10-6-22-44-26-32)18-21-40(39)47-46-34-19-16-28(17-20-34)41-35-12-1-3-14-37(35)42(33-11-7-23-45-27-33)38-15-4-2-13-36(38)41/h1-27,43,46H/p+1/b43-39?,47-40-. The van der Waals surface area contributed by atoms with Crippen LogP contribution in [0.4, 0.5) is 5.69 Å². The summed E-state index contributed by atoms with van der Waals surface area (Å²) < 4.78 is 0. The molecule has 47 heavy (non-hydrogen) atoms. The second-order valence-corrected chi connectivity index (χ2v) is 11.5. The van der Waals surface area contributed by atoms with Gasteiger partial charge in [0.25, 0.3) is 0 Å². The van der Waals surface area contributed by atoms with Crippen molar-refractivity contribution in [3.63, 3.8) is 0 Å². The van der Waals surface area contributed by atoms with Crippen molar-refractivity contribution >= 4 is 44.2 Å². The highest BCUT2D eigenvalue weighted by Gasteiger charge is 2.17. The van der Waals surface area contributed by atoms with E-state index in [-0.39, 0.29) is 0 Å². The number of nitrogens with one attached hydrogen (secondary N) is 1. The molecule has 0 aliphatic heterocycles. The monoisotopic (exact) mass is 604 g/mol. The Kier molecular flexibility index (Phi) is 7.25. The van der Waals surface area contributed by atoms with Crippen LogP contribution in [0.5, 0.6) is 0 Å². The Morgan fingerprint density at radius 1 is 0.511 bits per heavy atom. The number of nitrogens with two attached hydrogens (primary N) is 1. The molecule has 0 unspecified atom stereocenters. The number of nitrogens with zero attached hydrogens (tertiary/aromatic N) is 3. The zero-order valence-electron chi connectivity index (χ0n) is 25.5. The fourth-order valence-corrected chi connectivity index (χ4v) is 6.35. The summed E-state index contributed by atoms with van der Waals surface area (Å²) >= 11 is 0. The maximum absolute atomic E-state index is 6.48. The van der Waals surface area contributed by atoms with Crippen LogP contribution >= 0.6 is 0 Å². The van der Waals surface area contributed by atoms with Crippen LogP contribution in [0.2, 0.25) is 0 Å². The highest BCUT2D eigenvalue weighted by atomic mass is 15.3. The molecular weight excluding hydrogens is 574 g/mol. The van der Waals surface area contributed by atoms with Gasteiger partial charge in [0, 0.05) is 42.0 Å². The van der Waals surface area contributed by atoms with Gasteiger partial charge in [0.1, 0.15) is 0 Å². The van der Waals surface area contributed by atoms with Gasteiger partial charge in [-0.2, -0.15) is 5.10 Å². The van der Waals surface area contributed by atoms with Gasteiger partial charge in [0.15, 0.2) is 5.71 Å². The van der Waals surface area contributed by atoms with Crippen molar-refractivity contribution in [2.24, 2.45) is 5.10 Å². The van der Waals surface area contributed by atoms with E-state index < -0.39 is 0 Å². The Labute approximate surface area is 272 Å². The Morgan fingerprint density at radius 2 is 1.09 bits per heavy atom. The van der Waals surface area contributed by atoms with Crippen molar-refractivity contribution in [3.8, 4) is 33.4 Å². The van der Waals surface area contributed by atoms with Gasteiger partial charge >= 0.3 is 0 Å². The first kappa shape index (κ1) is 28.0. The van der Waals surface area contributed by atoms with E-state index in [4.69, 9.17) is 5.41 Å². The third kappa shape index (κ3) is 5.40. The number of fused-ring (bicyclic) bond motifs is 2. The predicted octanol–water partition coefficient (Wildman–Crippen LogP) is 8.41. The average Bonchev–Trinajstić information content (AvgIpc) is 3.14. The molecule has 3 N–H and O–H groups in total. The van der Waals surface area contributed by atoms with E-state index in [9.17, 15) is 0 Å². The molecular formula is C42H30N5+. The largest absolute Gasteiger partial charge is 0.278 e. The summed E-state index contributed by atoms with van der Waals surface area (Å²) in [5.41, 5.74) is 14.3. The van der Waals surface area contributed by atoms with Crippen molar-refractivity contribution in [3.05, 3.63) is 170 Å². The molecule has 7 aromatic rings. The van der Waals surface area contributed by atoms with Crippen LogP contribution in [0.15, 0.2) is 169 Å². The lowest BCUT2D eigenvalue weighted by molar-refractivity contribution is -0.108. The summed E-state index contributed by atoms with van der Waals surface area (Å²) in [6.07, 6.45) is 13.4. The van der Waals surface area contributed by atoms with Crippen LogP contribution in [-0.2, 0) is 0 Å². The van der Waals surface area contributed by atoms with Gasteiger partial charge in [-0.3, -0.25) is 20.8 Å². The maximum Gasteiger partial charge on any atom is 0.225 e. The van der Waals surface area contributed by atoms with Crippen LogP contribution in [0.3, 0.4) is 0 Å². The molecule has 8 rings (SSSR count). The summed E-state index contributed by atoms with van der Waals surface area (Å²) in [6, 6.07) is 42.2. The van der Waals surface area contributed by atoms with Crippen molar-refractivity contribution in [2.75, 3.05) is 5.43 Å². The maximum atomic E-state index is 6.48. The second-order valence-electron chi connectivity index (χ2n) is 11.5. The van der Waals surface area contributed by atoms with Crippen LogP contribution in [0.25, 0.3) is 60.5 Å². The molecule has 0 saturated carbocycles. The number of aromatic nitrogens is 2. The van der Waals surface area contributed by atoms with Gasteiger partial charge in [-0.05, 0) is 91.3 Å². The molecule has 0 spiro atoms. The van der Waals surface area contributed by atoms with Gasteiger partial charge in [0.05, 0.1) is 5.69 Å². The minimum Gasteiger partial charge on any atom is -0.278 e. The van der Waals surface area contributed by atoms with Crippen LogP contribution in [0.1, 0.15) is 5.56 Å². The lowest BCUT2D eigenvalue weighted by Crippen LogP contribution is -2.44. The second kappa shape index (κ2) is 12.1.